The van der Waals surface area contributed by atoms with E-state index in [1.165, 1.54) is 27.9 Å². The molecule has 1 spiro atoms. The van der Waals surface area contributed by atoms with Gasteiger partial charge in [0, 0.05) is 19.6 Å². The summed E-state index contributed by atoms with van der Waals surface area (Å²) >= 11 is 6.14. The van der Waals surface area contributed by atoms with Crippen LogP contribution in [0.5, 0.6) is 5.75 Å². The predicted octanol–water partition coefficient (Wildman–Crippen LogP) is 5.24. The van der Waals surface area contributed by atoms with Gasteiger partial charge in [0.25, 0.3) is 11.5 Å². The molecule has 2 amide bonds. The van der Waals surface area contributed by atoms with Gasteiger partial charge in [-0.25, -0.2) is 14.4 Å². The number of rotatable bonds is 7. The van der Waals surface area contributed by atoms with Crippen LogP contribution >= 0.6 is 11.6 Å². The number of piperidine rings is 1. The topological polar surface area (TPSA) is 160 Å². The molecule has 3 aliphatic heterocycles. The number of carbonyl (C=O) groups is 2. The number of anilines is 1. The highest BCUT2D eigenvalue weighted by Crippen LogP contribution is 2.48. The van der Waals surface area contributed by atoms with Crippen molar-refractivity contribution in [3.05, 3.63) is 97.7 Å². The Morgan fingerprint density at radius 2 is 1.84 bits per heavy atom. The predicted molar refractivity (Wildman–Crippen MR) is 192 cm³/mol. The molecule has 0 saturated carbocycles. The minimum absolute atomic E-state index is 0.0298. The second kappa shape index (κ2) is 13.9. The monoisotopic (exact) mass is 795 g/mol. The fourth-order valence-electron chi connectivity index (χ4n) is 7.62. The number of nitrogens with zero attached hydrogens (tertiary/aromatic N) is 8. The number of hydrogen-bond acceptors (Lipinski definition) is 10. The summed E-state index contributed by atoms with van der Waals surface area (Å²) in [7, 11) is 0. The molecule has 292 valence electrons. The third-order valence-electron chi connectivity index (χ3n) is 10.6. The molecule has 19 heteroatoms. The molecule has 14 nitrogen and oxygen atoms in total. The molecule has 1 unspecified atom stereocenters. The number of aryl methyl sites for hydroxylation is 1. The number of fused-ring (bicyclic) bond motifs is 3. The minimum Gasteiger partial charge on any atom is -0.504 e. The minimum atomic E-state index is -4.65. The smallest absolute Gasteiger partial charge is 0.416 e. The maximum atomic E-state index is 15.7. The number of likely N-dealkylation sites (tertiary alicyclic amines) is 2. The van der Waals surface area contributed by atoms with Crippen LogP contribution in [-0.4, -0.2) is 82.0 Å². The van der Waals surface area contributed by atoms with E-state index in [0.717, 1.165) is 41.7 Å². The van der Waals surface area contributed by atoms with Crippen molar-refractivity contribution in [2.24, 2.45) is 0 Å². The number of halogens is 5. The van der Waals surface area contributed by atoms with Gasteiger partial charge in [0.1, 0.15) is 24.3 Å². The molecule has 8 rings (SSSR count). The first-order chi connectivity index (χ1) is 26.6. The second-order valence-electron chi connectivity index (χ2n) is 14.2. The number of amides is 2. The van der Waals surface area contributed by atoms with Gasteiger partial charge in [-0.2, -0.15) is 22.7 Å². The molecule has 2 saturated heterocycles. The molecule has 1 atom stereocenters. The first kappa shape index (κ1) is 37.5. The molecule has 5 aromatic rings. The van der Waals surface area contributed by atoms with Gasteiger partial charge in [0.15, 0.2) is 17.3 Å². The van der Waals surface area contributed by atoms with Crippen LogP contribution in [0.1, 0.15) is 70.9 Å². The average Bonchev–Trinajstić information content (AvgIpc) is 3.70. The van der Waals surface area contributed by atoms with Crippen LogP contribution in [0, 0.1) is 12.7 Å². The van der Waals surface area contributed by atoms with E-state index in [9.17, 15) is 32.7 Å². The molecule has 6 heterocycles. The van der Waals surface area contributed by atoms with Gasteiger partial charge in [-0.15, -0.1) is 5.10 Å². The lowest BCUT2D eigenvalue weighted by Crippen LogP contribution is -2.47. The quantitative estimate of drug-likeness (QED) is 0.209. The van der Waals surface area contributed by atoms with Crippen molar-refractivity contribution in [1.82, 2.24) is 38.9 Å². The van der Waals surface area contributed by atoms with Gasteiger partial charge >= 0.3 is 6.18 Å². The Morgan fingerprint density at radius 3 is 2.50 bits per heavy atom. The summed E-state index contributed by atoms with van der Waals surface area (Å²) in [6, 6.07) is 7.22. The van der Waals surface area contributed by atoms with E-state index >= 15 is 4.39 Å². The fraction of sp³-hybridized carbons (Fsp3) is 0.378. The van der Waals surface area contributed by atoms with Crippen LogP contribution in [0.25, 0.3) is 17.2 Å². The number of aromatic hydroxyl groups is 1. The molecule has 0 bridgehead atoms. The molecule has 3 aliphatic rings. The van der Waals surface area contributed by atoms with Gasteiger partial charge in [-0.05, 0) is 82.1 Å². The Bertz CT molecular complexity index is 2480. The summed E-state index contributed by atoms with van der Waals surface area (Å²) in [6.45, 7) is 5.37. The number of hydrogen-bond donors (Lipinski definition) is 2. The summed E-state index contributed by atoms with van der Waals surface area (Å²) < 4.78 is 64.5. The number of aromatic nitrogens is 6. The Balaban J connectivity index is 1.18. The summed E-state index contributed by atoms with van der Waals surface area (Å²) in [6.07, 6.45) is -2.90. The van der Waals surface area contributed by atoms with Gasteiger partial charge < -0.3 is 24.6 Å². The maximum Gasteiger partial charge on any atom is 0.416 e. The number of carbonyl (C=O) groups excluding carboxylic acids is 2. The zero-order valence-electron chi connectivity index (χ0n) is 30.0. The van der Waals surface area contributed by atoms with Crippen LogP contribution in [0.4, 0.5) is 23.2 Å². The van der Waals surface area contributed by atoms with Crippen molar-refractivity contribution in [2.75, 3.05) is 31.5 Å². The molecule has 2 aromatic carbocycles. The molecule has 0 aliphatic carbocycles. The van der Waals surface area contributed by atoms with E-state index in [2.05, 4.69) is 30.3 Å². The summed E-state index contributed by atoms with van der Waals surface area (Å²) in [4.78, 5) is 57.7. The van der Waals surface area contributed by atoms with E-state index in [-0.39, 0.29) is 76.5 Å². The third-order valence-corrected chi connectivity index (χ3v) is 10.9. The third kappa shape index (κ3) is 6.54. The van der Waals surface area contributed by atoms with Crippen molar-refractivity contribution in [3.8, 4) is 17.1 Å². The number of alkyl halides is 3. The Kier molecular flexibility index (Phi) is 9.32. The van der Waals surface area contributed by atoms with Gasteiger partial charge in [0.05, 0.1) is 44.9 Å². The number of benzene rings is 2. The van der Waals surface area contributed by atoms with E-state index in [1.807, 2.05) is 0 Å². The normalized spacial score (nSPS) is 18.0. The van der Waals surface area contributed by atoms with Gasteiger partial charge in [-0.1, -0.05) is 17.7 Å². The van der Waals surface area contributed by atoms with E-state index < -0.39 is 53.2 Å². The molecular weight excluding hydrogens is 762 g/mol. The van der Waals surface area contributed by atoms with Crippen molar-refractivity contribution >= 4 is 34.9 Å². The van der Waals surface area contributed by atoms with E-state index in [0.29, 0.717) is 18.3 Å². The van der Waals surface area contributed by atoms with Crippen molar-refractivity contribution in [2.45, 2.75) is 64.1 Å². The SMILES string of the molecule is Cc1ncnc(C(=O)N2CCC3(CC2)OC(C)c2c3c(=O)n3nc(-c4ccc(CN5CCC5)cc4F)nc3n2CC(=O)Nc2ccc(C(F)(F)F)cc2Cl)c1O. The second-order valence-corrected chi connectivity index (χ2v) is 14.6. The van der Waals surface area contributed by atoms with Crippen LogP contribution in [0.2, 0.25) is 5.02 Å². The summed E-state index contributed by atoms with van der Waals surface area (Å²) in [5.41, 5.74) is -1.59. The van der Waals surface area contributed by atoms with Crippen LogP contribution < -0.4 is 10.9 Å². The highest BCUT2D eigenvalue weighted by Gasteiger charge is 2.51. The number of ether oxygens (including phenoxy) is 1. The molecule has 56 heavy (non-hydrogen) atoms. The lowest BCUT2D eigenvalue weighted by Gasteiger charge is -2.39. The van der Waals surface area contributed by atoms with Crippen molar-refractivity contribution in [3.63, 3.8) is 0 Å². The Hall–Kier alpha value is -5.46. The van der Waals surface area contributed by atoms with Crippen LogP contribution in [0.15, 0.2) is 47.5 Å². The lowest BCUT2D eigenvalue weighted by atomic mass is 9.85. The standard InChI is InChI=1S/C37H34ClF4N9O5/c1-19-31(53)29(44-18-43-19)34(55)49-12-8-36(9-13-49)28-30(20(2)56-36)50(17-27(52)45-26-7-5-22(15-24(26)38)37(40,41)42)35-46-32(47-51(35)33(28)54)23-6-4-21(14-25(23)39)16-48-10-3-11-48/h4-7,14-15,18,20,53H,3,8-13,16-17H2,1-2H3,(H,45,52). The van der Waals surface area contributed by atoms with Crippen molar-refractivity contribution in [1.29, 1.82) is 0 Å². The van der Waals surface area contributed by atoms with Crippen molar-refractivity contribution < 1.29 is 37.0 Å². The maximum absolute atomic E-state index is 15.7. The zero-order valence-corrected chi connectivity index (χ0v) is 30.8. The molecule has 3 aromatic heterocycles. The molecular formula is C37H34ClF4N9O5. The highest BCUT2D eigenvalue weighted by atomic mass is 35.5. The lowest BCUT2D eigenvalue weighted by molar-refractivity contribution is -0.137. The molecule has 2 fully saturated rings. The van der Waals surface area contributed by atoms with Gasteiger partial charge in [0.2, 0.25) is 11.7 Å². The Morgan fingerprint density at radius 1 is 1.09 bits per heavy atom. The molecule has 2 N–H and O–H groups in total. The van der Waals surface area contributed by atoms with Crippen LogP contribution in [-0.2, 0) is 34.4 Å². The Labute approximate surface area is 320 Å². The first-order valence-electron chi connectivity index (χ1n) is 17.8. The fourth-order valence-corrected chi connectivity index (χ4v) is 7.85. The van der Waals surface area contributed by atoms with Crippen LogP contribution in [0.3, 0.4) is 0 Å². The molecule has 0 radical (unpaired) electrons. The highest BCUT2D eigenvalue weighted by molar-refractivity contribution is 6.33. The summed E-state index contributed by atoms with van der Waals surface area (Å²) in [5.74, 6) is -2.40. The average molecular weight is 796 g/mol. The van der Waals surface area contributed by atoms with Gasteiger partial charge in [-0.3, -0.25) is 19.3 Å². The van der Waals surface area contributed by atoms with E-state index in [4.69, 9.17) is 16.3 Å². The summed E-state index contributed by atoms with van der Waals surface area (Å²) in [5, 5.41) is 17.1. The van der Waals surface area contributed by atoms with E-state index in [1.54, 1.807) is 19.9 Å². The number of nitrogens with one attached hydrogen (secondary N) is 1. The first-order valence-corrected chi connectivity index (χ1v) is 18.2. The largest absolute Gasteiger partial charge is 0.504 e. The zero-order chi connectivity index (χ0) is 39.7.